The third-order valence-electron chi connectivity index (χ3n) is 13.9. The van der Waals surface area contributed by atoms with Crippen LogP contribution in [0.5, 0.6) is 11.5 Å². The molecule has 0 spiro atoms. The van der Waals surface area contributed by atoms with Crippen molar-refractivity contribution in [2.45, 2.75) is 82.5 Å². The fraction of sp³-hybridized carbons (Fsp3) is 0.455. The molecule has 378 valence electrons. The van der Waals surface area contributed by atoms with E-state index >= 15 is 0 Å². The molecule has 2 fully saturated rings. The largest absolute Gasteiger partial charge is 0.492 e. The highest BCUT2D eigenvalue weighted by molar-refractivity contribution is 6.03. The van der Waals surface area contributed by atoms with Crippen LogP contribution in [0, 0.1) is 33.7 Å². The number of aliphatic hydroxyl groups excluding tert-OH is 2. The number of fused-ring (bicyclic) bond motifs is 2. The van der Waals surface area contributed by atoms with E-state index in [0.29, 0.717) is 54.4 Å². The van der Waals surface area contributed by atoms with E-state index in [1.807, 2.05) is 42.5 Å². The van der Waals surface area contributed by atoms with Gasteiger partial charge in [0.05, 0.1) is 36.4 Å². The molecule has 2 aliphatic heterocycles. The topological polar surface area (TPSA) is 175 Å². The summed E-state index contributed by atoms with van der Waals surface area (Å²) in [6.45, 7) is 7.96. The SMILES string of the molecule is C=CCOC12Oc3ccc(OCCN4CC4)cc3C3C(CCCCO)C(CCCCO)C=C(C(=NOCc4ccc([N+](=O)[O-])cc4)CC1N(Cc1ccc(F)cc1)C(=O)OCCOCc1ccccc1)C32. The smallest absolute Gasteiger partial charge is 0.410 e. The number of rotatable bonds is 27. The quantitative estimate of drug-likeness (QED) is 0.0191. The number of hydrogen-bond donors (Lipinski definition) is 2. The minimum atomic E-state index is -1.59. The van der Waals surface area contributed by atoms with Gasteiger partial charge >= 0.3 is 6.09 Å². The van der Waals surface area contributed by atoms with Crippen molar-refractivity contribution in [3.63, 3.8) is 0 Å². The van der Waals surface area contributed by atoms with E-state index in [1.165, 1.54) is 24.3 Å². The fourth-order valence-electron chi connectivity index (χ4n) is 10.3. The number of hydrogen-bond acceptors (Lipinski definition) is 13. The second kappa shape index (κ2) is 24.8. The number of nitrogens with zero attached hydrogens (tertiary/aromatic N) is 4. The van der Waals surface area contributed by atoms with Gasteiger partial charge in [-0.15, -0.1) is 6.58 Å². The number of unbranched alkanes of at least 4 members (excludes halogenated alkanes) is 2. The first-order valence-electron chi connectivity index (χ1n) is 24.8. The van der Waals surface area contributed by atoms with Crippen LogP contribution in [-0.2, 0) is 38.8 Å². The number of benzene rings is 4. The maximum atomic E-state index is 15.0. The van der Waals surface area contributed by atoms with Gasteiger partial charge in [-0.25, -0.2) is 9.18 Å². The first-order chi connectivity index (χ1) is 34.7. The van der Waals surface area contributed by atoms with Crippen molar-refractivity contribution in [3.05, 3.63) is 160 Å². The zero-order valence-corrected chi connectivity index (χ0v) is 40.2. The number of amides is 1. The van der Waals surface area contributed by atoms with E-state index in [-0.39, 0.29) is 76.0 Å². The van der Waals surface area contributed by atoms with Gasteiger partial charge < -0.3 is 38.7 Å². The number of ether oxygens (including phenoxy) is 5. The Balaban J connectivity index is 1.25. The van der Waals surface area contributed by atoms with E-state index < -0.39 is 34.6 Å². The van der Waals surface area contributed by atoms with Crippen LogP contribution >= 0.6 is 0 Å². The summed E-state index contributed by atoms with van der Waals surface area (Å²) < 4.78 is 47.4. The van der Waals surface area contributed by atoms with Gasteiger partial charge in [-0.2, -0.15) is 0 Å². The third kappa shape index (κ3) is 12.8. The molecular weight excluding hydrogens is 912 g/mol. The predicted molar refractivity (Wildman–Crippen MR) is 264 cm³/mol. The molecule has 8 rings (SSSR count). The Bertz CT molecular complexity index is 2450. The number of carbonyl (C=O) groups excluding carboxylic acids is 1. The first-order valence-corrected chi connectivity index (χ1v) is 24.8. The number of aliphatic hydroxyl groups is 2. The standard InChI is InChI=1S/C55H65FN4O11/c1-2-29-69-55-51(59(36-39-14-18-43(56)19-15-39)54(63)68-32-31-66-37-40-10-4-3-5-11-40)35-49(57-70-38-41-16-20-44(21-17-41)60(64)65)47-33-42(12-6-8-27-61)46(13-7-9-28-62)52(53(47)55)48-34-45(22-23-50(48)71-55)67-30-26-58-24-25-58/h2-5,10-11,14-23,33-34,42,46,51-53,61-62H,1,6-9,12-13,24-32,35-38H2. The summed E-state index contributed by atoms with van der Waals surface area (Å²) in [5.74, 6) is -1.73. The summed E-state index contributed by atoms with van der Waals surface area (Å²) in [4.78, 5) is 36.1. The van der Waals surface area contributed by atoms with Gasteiger partial charge in [-0.1, -0.05) is 72.6 Å². The molecule has 15 nitrogen and oxygen atoms in total. The van der Waals surface area contributed by atoms with Crippen LogP contribution in [0.3, 0.4) is 0 Å². The van der Waals surface area contributed by atoms with Crippen molar-refractivity contribution in [2.75, 3.05) is 59.3 Å². The molecule has 4 aromatic carbocycles. The maximum absolute atomic E-state index is 15.0. The minimum absolute atomic E-state index is 0.00284. The average molecular weight is 977 g/mol. The van der Waals surface area contributed by atoms with Gasteiger partial charge in [-0.3, -0.25) is 19.9 Å². The highest BCUT2D eigenvalue weighted by atomic mass is 19.1. The van der Waals surface area contributed by atoms with Gasteiger partial charge in [0.15, 0.2) is 0 Å². The molecule has 4 aromatic rings. The van der Waals surface area contributed by atoms with Crippen molar-refractivity contribution >= 4 is 17.5 Å². The van der Waals surface area contributed by atoms with Gasteiger partial charge in [-0.05, 0) is 102 Å². The zero-order valence-electron chi connectivity index (χ0n) is 40.2. The molecule has 1 amide bonds. The van der Waals surface area contributed by atoms with Crippen LogP contribution in [0.15, 0.2) is 127 Å². The Morgan fingerprint density at radius 2 is 1.65 bits per heavy atom. The van der Waals surface area contributed by atoms with Gasteiger partial charge in [0.1, 0.15) is 43.2 Å². The lowest BCUT2D eigenvalue weighted by atomic mass is 9.55. The Morgan fingerprint density at radius 1 is 0.915 bits per heavy atom. The Labute approximate surface area is 414 Å². The summed E-state index contributed by atoms with van der Waals surface area (Å²) in [5.41, 5.74) is 4.51. The van der Waals surface area contributed by atoms with Gasteiger partial charge in [0.25, 0.3) is 5.69 Å². The lowest BCUT2D eigenvalue weighted by molar-refractivity contribution is -0.384. The van der Waals surface area contributed by atoms with Gasteiger partial charge in [0.2, 0.25) is 5.79 Å². The summed E-state index contributed by atoms with van der Waals surface area (Å²) in [6, 6.07) is 26.7. The summed E-state index contributed by atoms with van der Waals surface area (Å²) in [7, 11) is 0. The molecule has 0 bridgehead atoms. The maximum Gasteiger partial charge on any atom is 0.410 e. The fourth-order valence-corrected chi connectivity index (χ4v) is 10.3. The molecule has 16 heteroatoms. The summed E-state index contributed by atoms with van der Waals surface area (Å²) in [6.07, 6.45) is 7.52. The van der Waals surface area contributed by atoms with Crippen LogP contribution in [-0.4, -0.2) is 108 Å². The van der Waals surface area contributed by atoms with E-state index in [9.17, 15) is 29.5 Å². The molecule has 71 heavy (non-hydrogen) atoms. The highest BCUT2D eigenvalue weighted by Crippen LogP contribution is 2.62. The Kier molecular flexibility index (Phi) is 17.9. The second-order valence-corrected chi connectivity index (χ2v) is 18.6. The zero-order chi connectivity index (χ0) is 49.6. The third-order valence-corrected chi connectivity index (χ3v) is 13.9. The lowest BCUT2D eigenvalue weighted by Gasteiger charge is -2.59. The molecule has 6 atom stereocenters. The van der Waals surface area contributed by atoms with E-state index in [0.717, 1.165) is 62.0 Å². The number of halogens is 1. The number of nitro groups is 1. The molecule has 6 unspecified atom stereocenters. The normalized spacial score (nSPS) is 22.6. The van der Waals surface area contributed by atoms with E-state index in [4.69, 9.17) is 33.7 Å². The number of nitro benzene ring substituents is 1. The van der Waals surface area contributed by atoms with Crippen molar-refractivity contribution in [2.24, 2.45) is 22.9 Å². The van der Waals surface area contributed by atoms with Crippen molar-refractivity contribution < 1.29 is 52.8 Å². The number of oxime groups is 1. The number of carbonyl (C=O) groups is 1. The van der Waals surface area contributed by atoms with E-state index in [2.05, 4.69) is 23.6 Å². The van der Waals surface area contributed by atoms with Crippen LogP contribution in [0.25, 0.3) is 0 Å². The van der Waals surface area contributed by atoms with Crippen molar-refractivity contribution in [1.82, 2.24) is 9.80 Å². The van der Waals surface area contributed by atoms with Crippen LogP contribution < -0.4 is 9.47 Å². The second-order valence-electron chi connectivity index (χ2n) is 18.6. The summed E-state index contributed by atoms with van der Waals surface area (Å²) >= 11 is 0. The number of non-ortho nitro benzene ring substituents is 1. The molecular formula is C55H65FN4O11. The van der Waals surface area contributed by atoms with Crippen molar-refractivity contribution in [3.8, 4) is 11.5 Å². The monoisotopic (exact) mass is 976 g/mol. The molecule has 4 aliphatic rings. The average Bonchev–Trinajstić information content (AvgIpc) is 4.22. The molecule has 0 radical (unpaired) electrons. The van der Waals surface area contributed by atoms with Crippen molar-refractivity contribution in [1.29, 1.82) is 0 Å². The molecule has 2 aliphatic carbocycles. The Hall–Kier alpha value is -6.17. The first kappa shape index (κ1) is 51.2. The molecule has 2 heterocycles. The minimum Gasteiger partial charge on any atom is -0.492 e. The lowest BCUT2D eigenvalue weighted by Crippen LogP contribution is -2.70. The summed E-state index contributed by atoms with van der Waals surface area (Å²) in [5, 5.41) is 36.4. The molecule has 1 saturated carbocycles. The Morgan fingerprint density at radius 3 is 2.37 bits per heavy atom. The number of allylic oxidation sites excluding steroid dienone is 1. The van der Waals surface area contributed by atoms with Gasteiger partial charge in [0, 0.05) is 69.4 Å². The van der Waals surface area contributed by atoms with Crippen LogP contribution in [0.1, 0.15) is 73.1 Å². The molecule has 2 N–H and O–H groups in total. The van der Waals surface area contributed by atoms with E-state index in [1.54, 1.807) is 35.2 Å². The molecule has 0 aromatic heterocycles. The predicted octanol–water partition coefficient (Wildman–Crippen LogP) is 9.12. The molecule has 1 saturated heterocycles. The van der Waals surface area contributed by atoms with Crippen LogP contribution in [0.2, 0.25) is 0 Å². The highest BCUT2D eigenvalue weighted by Gasteiger charge is 2.65. The van der Waals surface area contributed by atoms with Crippen LogP contribution in [0.4, 0.5) is 14.9 Å².